The molecule has 21 heavy (non-hydrogen) atoms. The summed E-state index contributed by atoms with van der Waals surface area (Å²) in [6.07, 6.45) is -1.37. The molecule has 0 spiro atoms. The first-order valence-electron chi connectivity index (χ1n) is 6.81. The maximum atomic E-state index is 13.1. The van der Waals surface area contributed by atoms with Crippen LogP contribution < -0.4 is 5.43 Å². The Morgan fingerprint density at radius 2 is 2.00 bits per heavy atom. The minimum atomic E-state index is -4.75. The average Bonchev–Trinajstić information content (AvgIpc) is 2.80. The number of nitrogens with one attached hydrogen (secondary N) is 1. The summed E-state index contributed by atoms with van der Waals surface area (Å²) < 4.78 is 39.2. The molecule has 2 aliphatic rings. The van der Waals surface area contributed by atoms with Gasteiger partial charge in [-0.3, -0.25) is 5.43 Å². The number of hydrogen-bond acceptors (Lipinski definition) is 3. The average molecular weight is 296 g/mol. The van der Waals surface area contributed by atoms with Crippen molar-refractivity contribution < 1.29 is 18.3 Å². The van der Waals surface area contributed by atoms with Crippen LogP contribution in [0.25, 0.3) is 6.08 Å². The number of alkyl halides is 3. The van der Waals surface area contributed by atoms with E-state index >= 15 is 0 Å². The Balaban J connectivity index is 1.93. The molecular formula is C15H15F3N2O. The van der Waals surface area contributed by atoms with Gasteiger partial charge < -0.3 is 5.11 Å². The molecule has 0 radical (unpaired) electrons. The third kappa shape index (κ3) is 2.33. The number of nitrogens with zero attached hydrogens (tertiary/aromatic N) is 1. The van der Waals surface area contributed by atoms with Gasteiger partial charge in [0, 0.05) is 0 Å². The van der Waals surface area contributed by atoms with Crippen LogP contribution in [0.5, 0.6) is 0 Å². The van der Waals surface area contributed by atoms with Gasteiger partial charge >= 0.3 is 6.18 Å². The van der Waals surface area contributed by atoms with Crippen molar-refractivity contribution in [1.29, 1.82) is 0 Å². The van der Waals surface area contributed by atoms with E-state index < -0.39 is 17.8 Å². The summed E-state index contributed by atoms with van der Waals surface area (Å²) in [5.74, 6) is -1.04. The molecule has 0 aromatic heterocycles. The Labute approximate surface area is 120 Å². The Hall–Kier alpha value is -1.82. The molecule has 112 valence electrons. The summed E-state index contributed by atoms with van der Waals surface area (Å²) in [6, 6.07) is 9.38. The number of fused-ring (bicyclic) bond motifs is 1. The van der Waals surface area contributed by atoms with Gasteiger partial charge in [-0.05, 0) is 36.5 Å². The SMILES string of the molecule is O[C@@]1(C(F)(F)F)NN=C2/C(=C/c3ccccc3)CCC[C@@H]21. The lowest BCUT2D eigenvalue weighted by molar-refractivity contribution is -0.281. The number of allylic oxidation sites excluding steroid dienone is 1. The highest BCUT2D eigenvalue weighted by atomic mass is 19.4. The van der Waals surface area contributed by atoms with E-state index in [1.54, 1.807) is 0 Å². The first kappa shape index (κ1) is 14.1. The molecule has 1 saturated carbocycles. The molecule has 1 aliphatic carbocycles. The molecule has 2 atom stereocenters. The summed E-state index contributed by atoms with van der Waals surface area (Å²) in [5.41, 5.74) is 0.956. The maximum absolute atomic E-state index is 13.1. The van der Waals surface area contributed by atoms with Crippen LogP contribution in [-0.4, -0.2) is 22.7 Å². The van der Waals surface area contributed by atoms with E-state index in [-0.39, 0.29) is 6.42 Å². The molecule has 1 aliphatic heterocycles. The maximum Gasteiger partial charge on any atom is 0.438 e. The second-order valence-electron chi connectivity index (χ2n) is 5.40. The standard InChI is InChI=1S/C15H15F3N2O/c16-15(17,18)14(21)12-8-4-7-11(13(12)19-20-14)9-10-5-2-1-3-6-10/h1-3,5-6,9,12,20-21H,4,7-8H2/b11-9+/t12-,14-/m0/s1. The van der Waals surface area contributed by atoms with Crippen molar-refractivity contribution in [3.8, 4) is 0 Å². The predicted molar refractivity (Wildman–Crippen MR) is 73.3 cm³/mol. The van der Waals surface area contributed by atoms with Crippen molar-refractivity contribution in [2.75, 3.05) is 0 Å². The highest BCUT2D eigenvalue weighted by Crippen LogP contribution is 2.44. The highest BCUT2D eigenvalue weighted by Gasteiger charge is 2.63. The lowest BCUT2D eigenvalue weighted by Gasteiger charge is -2.34. The number of hydrazone groups is 1. The van der Waals surface area contributed by atoms with E-state index in [9.17, 15) is 18.3 Å². The van der Waals surface area contributed by atoms with Gasteiger partial charge in [-0.1, -0.05) is 30.3 Å². The summed E-state index contributed by atoms with van der Waals surface area (Å²) in [6.45, 7) is 0. The smallest absolute Gasteiger partial charge is 0.362 e. The van der Waals surface area contributed by atoms with Crippen LogP contribution in [0, 0.1) is 5.92 Å². The molecule has 0 bridgehead atoms. The molecule has 1 aromatic rings. The van der Waals surface area contributed by atoms with Crippen molar-refractivity contribution in [2.45, 2.75) is 31.2 Å². The van der Waals surface area contributed by atoms with Crippen LogP contribution >= 0.6 is 0 Å². The quantitative estimate of drug-likeness (QED) is 0.836. The monoisotopic (exact) mass is 296 g/mol. The van der Waals surface area contributed by atoms with Gasteiger partial charge in [0.05, 0.1) is 11.6 Å². The minimum Gasteiger partial charge on any atom is -0.362 e. The Bertz CT molecular complexity index is 595. The predicted octanol–water partition coefficient (Wildman–Crippen LogP) is 3.08. The summed E-state index contributed by atoms with van der Waals surface area (Å²) in [4.78, 5) is 0. The van der Waals surface area contributed by atoms with Gasteiger partial charge in [0.15, 0.2) is 0 Å². The zero-order valence-electron chi connectivity index (χ0n) is 11.2. The van der Waals surface area contributed by atoms with Gasteiger partial charge in [-0.2, -0.15) is 18.3 Å². The highest BCUT2D eigenvalue weighted by molar-refractivity contribution is 6.07. The van der Waals surface area contributed by atoms with E-state index in [0.29, 0.717) is 18.6 Å². The van der Waals surface area contributed by atoms with Crippen LogP contribution in [0.3, 0.4) is 0 Å². The third-order valence-corrected chi connectivity index (χ3v) is 4.02. The van der Waals surface area contributed by atoms with Crippen molar-refractivity contribution in [2.24, 2.45) is 11.0 Å². The normalized spacial score (nSPS) is 30.8. The molecule has 2 N–H and O–H groups in total. The van der Waals surface area contributed by atoms with Crippen LogP contribution in [0.1, 0.15) is 24.8 Å². The summed E-state index contributed by atoms with van der Waals surface area (Å²) in [5, 5.41) is 13.7. The fourth-order valence-electron chi connectivity index (χ4n) is 2.92. The van der Waals surface area contributed by atoms with Crippen LogP contribution in [-0.2, 0) is 0 Å². The molecule has 1 heterocycles. The number of benzene rings is 1. The van der Waals surface area contributed by atoms with E-state index in [1.807, 2.05) is 41.8 Å². The molecule has 3 nitrogen and oxygen atoms in total. The van der Waals surface area contributed by atoms with Crippen molar-refractivity contribution >= 4 is 11.8 Å². The zero-order valence-corrected chi connectivity index (χ0v) is 11.2. The summed E-state index contributed by atoms with van der Waals surface area (Å²) in [7, 11) is 0. The molecule has 3 rings (SSSR count). The van der Waals surface area contributed by atoms with Crippen LogP contribution in [0.15, 0.2) is 41.0 Å². The lowest BCUT2D eigenvalue weighted by atomic mass is 9.77. The fraction of sp³-hybridized carbons (Fsp3) is 0.400. The zero-order chi connectivity index (χ0) is 15.1. The minimum absolute atomic E-state index is 0.272. The second kappa shape index (κ2) is 4.87. The first-order valence-corrected chi connectivity index (χ1v) is 6.81. The van der Waals surface area contributed by atoms with Crippen molar-refractivity contribution in [3.05, 3.63) is 41.5 Å². The molecule has 0 unspecified atom stereocenters. The van der Waals surface area contributed by atoms with Gasteiger partial charge in [0.1, 0.15) is 0 Å². The van der Waals surface area contributed by atoms with E-state index in [4.69, 9.17) is 0 Å². The molecular weight excluding hydrogens is 281 g/mol. The third-order valence-electron chi connectivity index (χ3n) is 4.02. The number of halogens is 3. The summed E-state index contributed by atoms with van der Waals surface area (Å²) >= 11 is 0. The molecule has 0 amide bonds. The lowest BCUT2D eigenvalue weighted by Crippen LogP contribution is -2.58. The largest absolute Gasteiger partial charge is 0.438 e. The van der Waals surface area contributed by atoms with Crippen LogP contribution in [0.2, 0.25) is 0 Å². The molecule has 6 heteroatoms. The van der Waals surface area contributed by atoms with Crippen molar-refractivity contribution in [1.82, 2.24) is 5.43 Å². The van der Waals surface area contributed by atoms with E-state index in [0.717, 1.165) is 11.1 Å². The second-order valence-corrected chi connectivity index (χ2v) is 5.40. The molecule has 1 aromatic carbocycles. The molecule has 0 saturated heterocycles. The molecule has 1 fully saturated rings. The first-order chi connectivity index (χ1) is 9.92. The Morgan fingerprint density at radius 1 is 1.29 bits per heavy atom. The number of aliphatic hydroxyl groups is 1. The van der Waals surface area contributed by atoms with Gasteiger partial charge in [-0.25, -0.2) is 0 Å². The van der Waals surface area contributed by atoms with E-state index in [2.05, 4.69) is 5.10 Å². The Morgan fingerprint density at radius 3 is 2.67 bits per heavy atom. The van der Waals surface area contributed by atoms with Gasteiger partial charge in [-0.15, -0.1) is 0 Å². The van der Waals surface area contributed by atoms with Crippen molar-refractivity contribution in [3.63, 3.8) is 0 Å². The Kier molecular flexibility index (Phi) is 3.28. The fourth-order valence-corrected chi connectivity index (χ4v) is 2.92. The van der Waals surface area contributed by atoms with Gasteiger partial charge in [0.2, 0.25) is 0 Å². The number of hydrogen-bond donors (Lipinski definition) is 2. The van der Waals surface area contributed by atoms with Crippen LogP contribution in [0.4, 0.5) is 13.2 Å². The van der Waals surface area contributed by atoms with Gasteiger partial charge in [0.25, 0.3) is 5.72 Å². The van der Waals surface area contributed by atoms with E-state index in [1.165, 1.54) is 0 Å². The number of rotatable bonds is 1. The topological polar surface area (TPSA) is 44.6 Å².